The second-order valence-electron chi connectivity index (χ2n) is 5.35. The van der Waals surface area contributed by atoms with Crippen molar-refractivity contribution >= 4 is 5.78 Å². The van der Waals surface area contributed by atoms with E-state index in [1.165, 1.54) is 0 Å². The summed E-state index contributed by atoms with van der Waals surface area (Å²) in [6.45, 7) is 3.35. The van der Waals surface area contributed by atoms with Crippen LogP contribution in [0.5, 0.6) is 5.75 Å². The Hall–Kier alpha value is -2.13. The Morgan fingerprint density at radius 2 is 1.81 bits per heavy atom. The molecule has 0 radical (unpaired) electrons. The number of carbonyl (C=O) groups excluding carboxylic acids is 1. The van der Waals surface area contributed by atoms with Gasteiger partial charge in [0, 0.05) is 12.1 Å². The molecule has 0 unspecified atom stereocenters. The van der Waals surface area contributed by atoms with E-state index in [4.69, 9.17) is 4.74 Å². The van der Waals surface area contributed by atoms with Crippen LogP contribution in [-0.2, 0) is 0 Å². The number of ketones is 1. The van der Waals surface area contributed by atoms with Crippen LogP contribution in [0.1, 0.15) is 21.5 Å². The number of likely N-dealkylation sites (N-methyl/N-ethyl adjacent to an activating group) is 1. The maximum atomic E-state index is 12.6. The van der Waals surface area contributed by atoms with Gasteiger partial charge in [-0.25, -0.2) is 0 Å². The summed E-state index contributed by atoms with van der Waals surface area (Å²) in [5.41, 5.74) is 2.36. The Balaban J connectivity index is 2.25. The largest absolute Gasteiger partial charge is 0.491 e. The molecule has 21 heavy (non-hydrogen) atoms. The molecule has 0 aliphatic carbocycles. The fourth-order valence-corrected chi connectivity index (χ4v) is 2.03. The van der Waals surface area contributed by atoms with E-state index in [-0.39, 0.29) is 5.78 Å². The van der Waals surface area contributed by atoms with E-state index in [9.17, 15) is 4.79 Å². The second-order valence-corrected chi connectivity index (χ2v) is 5.35. The summed E-state index contributed by atoms with van der Waals surface area (Å²) < 4.78 is 5.78. The molecule has 0 atom stereocenters. The number of ether oxygens (including phenoxy) is 1. The maximum absolute atomic E-state index is 12.6. The Bertz CT molecular complexity index is 606. The molecule has 0 aliphatic heterocycles. The van der Waals surface area contributed by atoms with E-state index in [0.717, 1.165) is 12.1 Å². The van der Waals surface area contributed by atoms with E-state index in [2.05, 4.69) is 0 Å². The number of benzene rings is 2. The monoisotopic (exact) mass is 283 g/mol. The normalized spacial score (nSPS) is 10.7. The molecule has 0 saturated heterocycles. The summed E-state index contributed by atoms with van der Waals surface area (Å²) >= 11 is 0. The van der Waals surface area contributed by atoms with Crippen LogP contribution in [0.2, 0.25) is 0 Å². The highest BCUT2D eigenvalue weighted by Gasteiger charge is 2.14. The molecule has 0 heterocycles. The number of rotatable bonds is 6. The first-order valence-electron chi connectivity index (χ1n) is 7.06. The van der Waals surface area contributed by atoms with Gasteiger partial charge in [0.15, 0.2) is 5.78 Å². The Morgan fingerprint density at radius 1 is 1.10 bits per heavy atom. The van der Waals surface area contributed by atoms with Gasteiger partial charge in [0.25, 0.3) is 0 Å². The van der Waals surface area contributed by atoms with Crippen molar-refractivity contribution in [1.82, 2.24) is 4.90 Å². The van der Waals surface area contributed by atoms with Gasteiger partial charge in [-0.15, -0.1) is 0 Å². The average molecular weight is 283 g/mol. The van der Waals surface area contributed by atoms with E-state index in [0.29, 0.717) is 23.5 Å². The van der Waals surface area contributed by atoms with Gasteiger partial charge in [-0.3, -0.25) is 4.79 Å². The minimum absolute atomic E-state index is 0.000784. The number of hydrogen-bond donors (Lipinski definition) is 0. The Morgan fingerprint density at radius 3 is 2.48 bits per heavy atom. The van der Waals surface area contributed by atoms with Crippen molar-refractivity contribution in [3.63, 3.8) is 0 Å². The maximum Gasteiger partial charge on any atom is 0.196 e. The molecule has 0 fully saturated rings. The molecule has 2 rings (SSSR count). The van der Waals surface area contributed by atoms with Gasteiger partial charge < -0.3 is 9.64 Å². The number of hydrogen-bond acceptors (Lipinski definition) is 3. The number of nitrogens with zero attached hydrogens (tertiary/aromatic N) is 1. The van der Waals surface area contributed by atoms with Crippen molar-refractivity contribution in [2.75, 3.05) is 27.2 Å². The molecule has 0 aromatic heterocycles. The first-order chi connectivity index (χ1) is 10.1. The molecule has 0 spiro atoms. The molecule has 0 N–H and O–H groups in total. The summed E-state index contributed by atoms with van der Waals surface area (Å²) in [5, 5.41) is 0. The highest BCUT2D eigenvalue weighted by molar-refractivity contribution is 6.10. The smallest absolute Gasteiger partial charge is 0.196 e. The van der Waals surface area contributed by atoms with Gasteiger partial charge in [-0.2, -0.15) is 0 Å². The molecule has 3 nitrogen and oxygen atoms in total. The Labute approximate surface area is 126 Å². The van der Waals surface area contributed by atoms with Gasteiger partial charge in [-0.1, -0.05) is 42.0 Å². The molecule has 2 aromatic rings. The summed E-state index contributed by atoms with van der Waals surface area (Å²) in [7, 11) is 3.99. The molecule has 0 aliphatic rings. The average Bonchev–Trinajstić information content (AvgIpc) is 2.48. The molecule has 0 bridgehead atoms. The molecule has 0 saturated carbocycles. The summed E-state index contributed by atoms with van der Waals surface area (Å²) in [5.74, 6) is 0.649. The minimum atomic E-state index is -0.000784. The van der Waals surface area contributed by atoms with E-state index in [1.807, 2.05) is 74.4 Å². The zero-order valence-electron chi connectivity index (χ0n) is 12.8. The summed E-state index contributed by atoms with van der Waals surface area (Å²) in [6.07, 6.45) is 0. The first-order valence-corrected chi connectivity index (χ1v) is 7.06. The van der Waals surface area contributed by atoms with Gasteiger partial charge in [-0.05, 0) is 33.2 Å². The van der Waals surface area contributed by atoms with Crippen LogP contribution in [0.4, 0.5) is 0 Å². The van der Waals surface area contributed by atoms with Crippen LogP contribution in [0.25, 0.3) is 0 Å². The molecule has 110 valence electrons. The summed E-state index contributed by atoms with van der Waals surface area (Å²) in [4.78, 5) is 14.7. The lowest BCUT2D eigenvalue weighted by Gasteiger charge is -2.14. The van der Waals surface area contributed by atoms with Crippen LogP contribution >= 0.6 is 0 Å². The number of aryl methyl sites for hydroxylation is 1. The molecule has 2 aromatic carbocycles. The quantitative estimate of drug-likeness (QED) is 0.763. The predicted octanol–water partition coefficient (Wildman–Crippen LogP) is 3.17. The van der Waals surface area contributed by atoms with Crippen LogP contribution < -0.4 is 4.74 Å². The van der Waals surface area contributed by atoms with E-state index in [1.54, 1.807) is 0 Å². The molecular weight excluding hydrogens is 262 g/mol. The third-order valence-electron chi connectivity index (χ3n) is 3.21. The fraction of sp³-hybridized carbons (Fsp3) is 0.278. The van der Waals surface area contributed by atoms with Crippen molar-refractivity contribution < 1.29 is 9.53 Å². The van der Waals surface area contributed by atoms with Crippen LogP contribution in [0.15, 0.2) is 48.5 Å². The Kier molecular flexibility index (Phi) is 5.12. The van der Waals surface area contributed by atoms with Gasteiger partial charge in [0.1, 0.15) is 12.4 Å². The second kappa shape index (κ2) is 7.04. The topological polar surface area (TPSA) is 29.5 Å². The van der Waals surface area contributed by atoms with Gasteiger partial charge >= 0.3 is 0 Å². The minimum Gasteiger partial charge on any atom is -0.491 e. The van der Waals surface area contributed by atoms with Crippen molar-refractivity contribution in [1.29, 1.82) is 0 Å². The van der Waals surface area contributed by atoms with Crippen LogP contribution in [0.3, 0.4) is 0 Å². The molecule has 0 amide bonds. The number of carbonyl (C=O) groups is 1. The standard InChI is InChI=1S/C18H21NO2/c1-14-9-10-17(21-12-11-19(2)3)16(13-14)18(20)15-7-5-4-6-8-15/h4-10,13H,11-12H2,1-3H3. The highest BCUT2D eigenvalue weighted by atomic mass is 16.5. The lowest BCUT2D eigenvalue weighted by molar-refractivity contribution is 0.103. The highest BCUT2D eigenvalue weighted by Crippen LogP contribution is 2.23. The van der Waals surface area contributed by atoms with Crippen molar-refractivity contribution in [2.24, 2.45) is 0 Å². The lowest BCUT2D eigenvalue weighted by atomic mass is 10.0. The first kappa shape index (κ1) is 15.3. The zero-order chi connectivity index (χ0) is 15.2. The third-order valence-corrected chi connectivity index (χ3v) is 3.21. The van der Waals surface area contributed by atoms with Gasteiger partial charge in [0.05, 0.1) is 5.56 Å². The van der Waals surface area contributed by atoms with Crippen LogP contribution in [0, 0.1) is 6.92 Å². The van der Waals surface area contributed by atoms with Crippen molar-refractivity contribution in [2.45, 2.75) is 6.92 Å². The van der Waals surface area contributed by atoms with E-state index < -0.39 is 0 Å². The van der Waals surface area contributed by atoms with Crippen molar-refractivity contribution in [3.8, 4) is 5.75 Å². The van der Waals surface area contributed by atoms with Gasteiger partial charge in [0.2, 0.25) is 0 Å². The molecule has 3 heteroatoms. The SMILES string of the molecule is Cc1ccc(OCCN(C)C)c(C(=O)c2ccccc2)c1. The van der Waals surface area contributed by atoms with Crippen molar-refractivity contribution in [3.05, 3.63) is 65.2 Å². The lowest BCUT2D eigenvalue weighted by Crippen LogP contribution is -2.20. The fourth-order valence-electron chi connectivity index (χ4n) is 2.03. The van der Waals surface area contributed by atoms with Crippen LogP contribution in [-0.4, -0.2) is 37.9 Å². The van der Waals surface area contributed by atoms with E-state index >= 15 is 0 Å². The summed E-state index contributed by atoms with van der Waals surface area (Å²) in [6, 6.07) is 15.0. The predicted molar refractivity (Wildman–Crippen MR) is 85.1 cm³/mol. The molecular formula is C18H21NO2. The zero-order valence-corrected chi connectivity index (χ0v) is 12.8. The third kappa shape index (κ3) is 4.17.